The number of aryl methyl sites for hydroxylation is 1. The van der Waals surface area contributed by atoms with Gasteiger partial charge in [-0.05, 0) is 32.2 Å². The summed E-state index contributed by atoms with van der Waals surface area (Å²) in [5.74, 6) is 0.580. The van der Waals surface area contributed by atoms with Gasteiger partial charge in [0.1, 0.15) is 18.2 Å². The molecule has 0 aliphatic rings. The first-order chi connectivity index (χ1) is 9.20. The van der Waals surface area contributed by atoms with Crippen LogP contribution in [0, 0.1) is 12.7 Å². The lowest BCUT2D eigenvalue weighted by Crippen LogP contribution is -2.24. The van der Waals surface area contributed by atoms with Gasteiger partial charge in [-0.1, -0.05) is 35.9 Å². The Kier molecular flexibility index (Phi) is 4.53. The zero-order valence-corrected chi connectivity index (χ0v) is 11.2. The van der Waals surface area contributed by atoms with Crippen LogP contribution in [-0.2, 0) is 0 Å². The molecule has 0 amide bonds. The topological polar surface area (TPSA) is 21.3 Å². The minimum Gasteiger partial charge on any atom is -0.492 e. The molecule has 0 bridgehead atoms. The van der Waals surface area contributed by atoms with E-state index < -0.39 is 0 Å². The van der Waals surface area contributed by atoms with Crippen molar-refractivity contribution in [2.45, 2.75) is 13.0 Å². The molecule has 19 heavy (non-hydrogen) atoms. The lowest BCUT2D eigenvalue weighted by molar-refractivity contribution is 0.270. The molecule has 0 saturated carbocycles. The number of hydrogen-bond donors (Lipinski definition) is 1. The second-order valence-corrected chi connectivity index (χ2v) is 4.49. The van der Waals surface area contributed by atoms with Gasteiger partial charge >= 0.3 is 0 Å². The van der Waals surface area contributed by atoms with Crippen LogP contribution in [0.1, 0.15) is 17.2 Å². The van der Waals surface area contributed by atoms with Crippen molar-refractivity contribution in [1.82, 2.24) is 5.32 Å². The average Bonchev–Trinajstić information content (AvgIpc) is 2.43. The van der Waals surface area contributed by atoms with Gasteiger partial charge < -0.3 is 10.1 Å². The highest BCUT2D eigenvalue weighted by Gasteiger charge is 2.14. The summed E-state index contributed by atoms with van der Waals surface area (Å²) in [6.07, 6.45) is 0. The summed E-state index contributed by atoms with van der Waals surface area (Å²) < 4.78 is 19.4. The fourth-order valence-electron chi connectivity index (χ4n) is 1.90. The van der Waals surface area contributed by atoms with E-state index >= 15 is 0 Å². The molecule has 0 aliphatic heterocycles. The van der Waals surface area contributed by atoms with Gasteiger partial charge in [-0.25, -0.2) is 4.39 Å². The zero-order chi connectivity index (χ0) is 13.7. The van der Waals surface area contributed by atoms with Gasteiger partial charge in [0.15, 0.2) is 0 Å². The molecule has 0 aromatic heterocycles. The molecule has 1 unspecified atom stereocenters. The average molecular weight is 259 g/mol. The van der Waals surface area contributed by atoms with E-state index in [2.05, 4.69) is 5.32 Å². The van der Waals surface area contributed by atoms with Crippen LogP contribution in [0.4, 0.5) is 4.39 Å². The molecule has 2 aromatic rings. The van der Waals surface area contributed by atoms with E-state index in [-0.39, 0.29) is 11.9 Å². The number of nitrogens with one attached hydrogen (secondary N) is 1. The van der Waals surface area contributed by atoms with Gasteiger partial charge in [0.25, 0.3) is 0 Å². The third-order valence-electron chi connectivity index (χ3n) is 3.07. The van der Waals surface area contributed by atoms with Gasteiger partial charge in [-0.15, -0.1) is 0 Å². The summed E-state index contributed by atoms with van der Waals surface area (Å²) in [6.45, 7) is 2.42. The van der Waals surface area contributed by atoms with Gasteiger partial charge in [0.2, 0.25) is 0 Å². The van der Waals surface area contributed by atoms with Crippen molar-refractivity contribution in [3.63, 3.8) is 0 Å². The van der Waals surface area contributed by atoms with Gasteiger partial charge in [0, 0.05) is 5.56 Å². The molecule has 2 nitrogen and oxygen atoms in total. The minimum atomic E-state index is -0.214. The smallest absolute Gasteiger partial charge is 0.128 e. The molecule has 1 N–H and O–H groups in total. The maximum Gasteiger partial charge on any atom is 0.128 e. The Labute approximate surface area is 113 Å². The van der Waals surface area contributed by atoms with Crippen molar-refractivity contribution < 1.29 is 9.13 Å². The SMILES string of the molecule is CNC(COc1ccc(C)cc1)c1ccccc1F. The quantitative estimate of drug-likeness (QED) is 0.887. The second-order valence-electron chi connectivity index (χ2n) is 4.49. The molecule has 0 fully saturated rings. The number of hydrogen-bond acceptors (Lipinski definition) is 2. The summed E-state index contributed by atoms with van der Waals surface area (Å²) in [7, 11) is 1.80. The van der Waals surface area contributed by atoms with Crippen molar-refractivity contribution in [3.8, 4) is 5.75 Å². The molecule has 0 radical (unpaired) electrons. The summed E-state index contributed by atoms with van der Waals surface area (Å²) in [6, 6.07) is 14.4. The van der Waals surface area contributed by atoms with Crippen LogP contribution in [-0.4, -0.2) is 13.7 Å². The fraction of sp³-hybridized carbons (Fsp3) is 0.250. The van der Waals surface area contributed by atoms with Crippen LogP contribution in [0.3, 0.4) is 0 Å². The Bertz CT molecular complexity index is 525. The predicted octanol–water partition coefficient (Wildman–Crippen LogP) is 3.47. The molecule has 0 saturated heterocycles. The lowest BCUT2D eigenvalue weighted by atomic mass is 10.1. The molecular formula is C16H18FNO. The number of halogens is 1. The molecule has 0 spiro atoms. The van der Waals surface area contributed by atoms with E-state index in [4.69, 9.17) is 4.74 Å². The molecule has 2 aromatic carbocycles. The monoisotopic (exact) mass is 259 g/mol. The zero-order valence-electron chi connectivity index (χ0n) is 11.2. The summed E-state index contributed by atoms with van der Waals surface area (Å²) in [5.41, 5.74) is 1.81. The van der Waals surface area contributed by atoms with E-state index in [1.54, 1.807) is 19.2 Å². The lowest BCUT2D eigenvalue weighted by Gasteiger charge is -2.18. The first-order valence-corrected chi connectivity index (χ1v) is 6.32. The Balaban J connectivity index is 2.04. The van der Waals surface area contributed by atoms with Crippen molar-refractivity contribution in [2.24, 2.45) is 0 Å². The van der Waals surface area contributed by atoms with E-state index in [1.807, 2.05) is 37.3 Å². The third-order valence-corrected chi connectivity index (χ3v) is 3.07. The number of likely N-dealkylation sites (N-methyl/N-ethyl adjacent to an activating group) is 1. The first-order valence-electron chi connectivity index (χ1n) is 6.32. The van der Waals surface area contributed by atoms with Crippen molar-refractivity contribution in [2.75, 3.05) is 13.7 Å². The minimum absolute atomic E-state index is 0.164. The number of ether oxygens (including phenoxy) is 1. The molecule has 0 heterocycles. The number of benzene rings is 2. The molecule has 3 heteroatoms. The normalized spacial score (nSPS) is 12.2. The standard InChI is InChI=1S/C16H18FNO/c1-12-7-9-13(10-8-12)19-11-16(18-2)14-5-3-4-6-15(14)17/h3-10,16,18H,11H2,1-2H3. The second kappa shape index (κ2) is 6.34. The van der Waals surface area contributed by atoms with Crippen molar-refractivity contribution in [3.05, 3.63) is 65.5 Å². The largest absolute Gasteiger partial charge is 0.492 e. The van der Waals surface area contributed by atoms with Crippen LogP contribution >= 0.6 is 0 Å². The van der Waals surface area contributed by atoms with E-state index in [9.17, 15) is 4.39 Å². The molecule has 0 aliphatic carbocycles. The number of rotatable bonds is 5. The van der Waals surface area contributed by atoms with E-state index in [0.717, 1.165) is 5.75 Å². The molecule has 100 valence electrons. The van der Waals surface area contributed by atoms with Gasteiger partial charge in [0.05, 0.1) is 6.04 Å². The van der Waals surface area contributed by atoms with Crippen LogP contribution in [0.25, 0.3) is 0 Å². The van der Waals surface area contributed by atoms with Crippen LogP contribution in [0.2, 0.25) is 0 Å². The van der Waals surface area contributed by atoms with Gasteiger partial charge in [-0.2, -0.15) is 0 Å². The predicted molar refractivity (Wildman–Crippen MR) is 74.9 cm³/mol. The highest BCUT2D eigenvalue weighted by atomic mass is 19.1. The Morgan fingerprint density at radius 1 is 1.11 bits per heavy atom. The van der Waals surface area contributed by atoms with Crippen molar-refractivity contribution >= 4 is 0 Å². The van der Waals surface area contributed by atoms with Crippen molar-refractivity contribution in [1.29, 1.82) is 0 Å². The van der Waals surface area contributed by atoms with Crippen LogP contribution in [0.15, 0.2) is 48.5 Å². The fourth-order valence-corrected chi connectivity index (χ4v) is 1.90. The molecular weight excluding hydrogens is 241 g/mol. The molecule has 1 atom stereocenters. The summed E-state index contributed by atoms with van der Waals surface area (Å²) in [4.78, 5) is 0. The van der Waals surface area contributed by atoms with E-state index in [0.29, 0.717) is 12.2 Å². The maximum absolute atomic E-state index is 13.7. The van der Waals surface area contributed by atoms with Gasteiger partial charge in [-0.3, -0.25) is 0 Å². The highest BCUT2D eigenvalue weighted by Crippen LogP contribution is 2.19. The van der Waals surface area contributed by atoms with Crippen LogP contribution in [0.5, 0.6) is 5.75 Å². The highest BCUT2D eigenvalue weighted by molar-refractivity contribution is 5.27. The summed E-state index contributed by atoms with van der Waals surface area (Å²) in [5, 5.41) is 3.08. The third kappa shape index (κ3) is 3.55. The maximum atomic E-state index is 13.7. The molecule has 2 rings (SSSR count). The Morgan fingerprint density at radius 3 is 2.42 bits per heavy atom. The first kappa shape index (κ1) is 13.6. The van der Waals surface area contributed by atoms with E-state index in [1.165, 1.54) is 11.6 Å². The Morgan fingerprint density at radius 2 is 1.79 bits per heavy atom. The van der Waals surface area contributed by atoms with Crippen LogP contribution < -0.4 is 10.1 Å². The summed E-state index contributed by atoms with van der Waals surface area (Å²) >= 11 is 0. The Hall–Kier alpha value is -1.87.